The van der Waals surface area contributed by atoms with Crippen molar-refractivity contribution in [2.24, 2.45) is 0 Å². The molecule has 2 aliphatic rings. The molecule has 1 aliphatic carbocycles. The van der Waals surface area contributed by atoms with E-state index in [1.54, 1.807) is 0 Å². The van der Waals surface area contributed by atoms with Gasteiger partial charge in [0, 0.05) is 25.2 Å². The summed E-state index contributed by atoms with van der Waals surface area (Å²) in [6.45, 7) is 1.69. The maximum atomic E-state index is 11.8. The Morgan fingerprint density at radius 1 is 1.17 bits per heavy atom. The summed E-state index contributed by atoms with van der Waals surface area (Å²) in [5.41, 5.74) is 0. The van der Waals surface area contributed by atoms with Gasteiger partial charge in [-0.3, -0.25) is 4.79 Å². The predicted molar refractivity (Wildman–Crippen MR) is 68.6 cm³/mol. The monoisotopic (exact) mass is 275 g/mol. The van der Waals surface area contributed by atoms with Gasteiger partial charge in [0.25, 0.3) is 0 Å². The van der Waals surface area contributed by atoms with Gasteiger partial charge in [-0.25, -0.2) is 13.1 Å². The van der Waals surface area contributed by atoms with Crippen LogP contribution in [-0.4, -0.2) is 57.2 Å². The molecule has 0 aromatic carbocycles. The van der Waals surface area contributed by atoms with Crippen molar-refractivity contribution < 1.29 is 13.2 Å². The molecule has 18 heavy (non-hydrogen) atoms. The number of piperidine rings is 1. The van der Waals surface area contributed by atoms with Gasteiger partial charge in [0.2, 0.25) is 15.9 Å². The van der Waals surface area contributed by atoms with Crippen LogP contribution in [0, 0.1) is 0 Å². The first-order valence-corrected chi connectivity index (χ1v) is 8.31. The van der Waals surface area contributed by atoms with Gasteiger partial charge in [0.05, 0.1) is 12.8 Å². The van der Waals surface area contributed by atoms with Crippen LogP contribution >= 0.6 is 0 Å². The van der Waals surface area contributed by atoms with E-state index in [9.17, 15) is 13.2 Å². The summed E-state index contributed by atoms with van der Waals surface area (Å²) in [5.74, 6) is 0.125. The molecule has 0 aromatic heterocycles. The second kappa shape index (κ2) is 5.54. The minimum atomic E-state index is -3.14. The zero-order valence-corrected chi connectivity index (χ0v) is 11.5. The summed E-state index contributed by atoms with van der Waals surface area (Å²) >= 11 is 0. The summed E-state index contributed by atoms with van der Waals surface area (Å²) in [5, 5.41) is 3.20. The number of amides is 1. The highest BCUT2D eigenvalue weighted by Gasteiger charge is 2.26. The number of likely N-dealkylation sites (tertiary alicyclic amines) is 1. The van der Waals surface area contributed by atoms with Gasteiger partial charge < -0.3 is 10.2 Å². The van der Waals surface area contributed by atoms with E-state index in [2.05, 4.69) is 10.0 Å². The summed E-state index contributed by atoms with van der Waals surface area (Å²) in [6.07, 6.45) is 4.91. The second-order valence-corrected chi connectivity index (χ2v) is 6.98. The van der Waals surface area contributed by atoms with Crippen LogP contribution in [0.1, 0.15) is 25.7 Å². The molecule has 0 aromatic rings. The fraction of sp³-hybridized carbons (Fsp3) is 0.909. The van der Waals surface area contributed by atoms with Crippen molar-refractivity contribution in [2.45, 2.75) is 37.8 Å². The van der Waals surface area contributed by atoms with E-state index in [0.717, 1.165) is 0 Å². The van der Waals surface area contributed by atoms with Crippen molar-refractivity contribution in [1.29, 1.82) is 0 Å². The highest BCUT2D eigenvalue weighted by molar-refractivity contribution is 7.88. The van der Waals surface area contributed by atoms with Crippen molar-refractivity contribution >= 4 is 15.9 Å². The third kappa shape index (κ3) is 4.55. The Balaban J connectivity index is 1.70. The van der Waals surface area contributed by atoms with Gasteiger partial charge in [0.1, 0.15) is 0 Å². The fourth-order valence-corrected chi connectivity index (χ4v) is 3.02. The van der Waals surface area contributed by atoms with Gasteiger partial charge in [-0.15, -0.1) is 0 Å². The summed E-state index contributed by atoms with van der Waals surface area (Å²) in [6, 6.07) is 0.513. The third-order valence-corrected chi connectivity index (χ3v) is 4.11. The molecule has 0 bridgehead atoms. The molecular formula is C11H21N3O3S. The molecule has 0 spiro atoms. The summed E-state index contributed by atoms with van der Waals surface area (Å²) < 4.78 is 24.8. The third-order valence-electron chi connectivity index (χ3n) is 3.35. The van der Waals surface area contributed by atoms with E-state index < -0.39 is 10.0 Å². The topological polar surface area (TPSA) is 78.5 Å². The summed E-state index contributed by atoms with van der Waals surface area (Å²) in [4.78, 5) is 13.7. The molecule has 1 amide bonds. The minimum Gasteiger partial charge on any atom is -0.341 e. The molecule has 1 saturated heterocycles. The van der Waals surface area contributed by atoms with Crippen LogP contribution in [-0.2, 0) is 14.8 Å². The fourth-order valence-electron chi connectivity index (χ4n) is 2.18. The number of rotatable bonds is 5. The average molecular weight is 275 g/mol. The Bertz CT molecular complexity index is 398. The lowest BCUT2D eigenvalue weighted by atomic mass is 10.1. The molecule has 2 rings (SSSR count). The molecule has 104 valence electrons. The zero-order valence-electron chi connectivity index (χ0n) is 10.7. The highest BCUT2D eigenvalue weighted by atomic mass is 32.2. The smallest absolute Gasteiger partial charge is 0.236 e. The molecule has 0 radical (unpaired) electrons. The quantitative estimate of drug-likeness (QED) is 0.694. The van der Waals surface area contributed by atoms with Crippen molar-refractivity contribution in [1.82, 2.24) is 14.9 Å². The first-order valence-electron chi connectivity index (χ1n) is 6.42. The molecule has 1 aliphatic heterocycles. The molecule has 0 atom stereocenters. The number of nitrogens with zero attached hydrogens (tertiary/aromatic N) is 1. The number of carbonyl (C=O) groups excluding carboxylic acids is 1. The average Bonchev–Trinajstić information content (AvgIpc) is 3.08. The van der Waals surface area contributed by atoms with Crippen molar-refractivity contribution in [3.8, 4) is 0 Å². The molecule has 2 fully saturated rings. The standard InChI is InChI=1S/C11H21N3O3S/c1-18(16,17)13-10-4-6-14(7-5-10)11(15)8-12-9-2-3-9/h9-10,12-13H,2-8H2,1H3. The van der Waals surface area contributed by atoms with E-state index >= 15 is 0 Å². The predicted octanol–water partition coefficient (Wildman–Crippen LogP) is -0.721. The Kier molecular flexibility index (Phi) is 4.24. The molecule has 2 N–H and O–H groups in total. The molecule has 7 heteroatoms. The molecule has 1 heterocycles. The van der Waals surface area contributed by atoms with Crippen LogP contribution in [0.5, 0.6) is 0 Å². The minimum absolute atomic E-state index is 0.0274. The van der Waals surface area contributed by atoms with Crippen molar-refractivity contribution in [2.75, 3.05) is 25.9 Å². The van der Waals surface area contributed by atoms with E-state index in [0.29, 0.717) is 38.5 Å². The first kappa shape index (κ1) is 13.8. The Hall–Kier alpha value is -0.660. The molecule has 6 nitrogen and oxygen atoms in total. The number of sulfonamides is 1. The van der Waals surface area contributed by atoms with E-state index in [1.807, 2.05) is 4.90 Å². The van der Waals surface area contributed by atoms with Crippen LogP contribution in [0.25, 0.3) is 0 Å². The van der Waals surface area contributed by atoms with Crippen molar-refractivity contribution in [3.05, 3.63) is 0 Å². The lowest BCUT2D eigenvalue weighted by Gasteiger charge is -2.32. The SMILES string of the molecule is CS(=O)(=O)NC1CCN(C(=O)CNC2CC2)CC1. The number of hydrogen-bond acceptors (Lipinski definition) is 4. The van der Waals surface area contributed by atoms with Crippen LogP contribution in [0.15, 0.2) is 0 Å². The van der Waals surface area contributed by atoms with Crippen LogP contribution < -0.4 is 10.0 Å². The Morgan fingerprint density at radius 3 is 2.28 bits per heavy atom. The molecule has 1 saturated carbocycles. The van der Waals surface area contributed by atoms with Gasteiger partial charge in [-0.2, -0.15) is 0 Å². The van der Waals surface area contributed by atoms with E-state index in [-0.39, 0.29) is 11.9 Å². The van der Waals surface area contributed by atoms with Gasteiger partial charge >= 0.3 is 0 Å². The Labute approximate surface area is 108 Å². The van der Waals surface area contributed by atoms with Crippen LogP contribution in [0.2, 0.25) is 0 Å². The van der Waals surface area contributed by atoms with Crippen LogP contribution in [0.3, 0.4) is 0 Å². The van der Waals surface area contributed by atoms with Crippen LogP contribution in [0.4, 0.5) is 0 Å². The number of nitrogens with one attached hydrogen (secondary N) is 2. The lowest BCUT2D eigenvalue weighted by Crippen LogP contribution is -2.48. The number of hydrogen-bond donors (Lipinski definition) is 2. The second-order valence-electron chi connectivity index (χ2n) is 5.20. The Morgan fingerprint density at radius 2 is 1.78 bits per heavy atom. The molecular weight excluding hydrogens is 254 g/mol. The maximum absolute atomic E-state index is 11.8. The highest BCUT2D eigenvalue weighted by Crippen LogP contribution is 2.18. The summed E-state index contributed by atoms with van der Waals surface area (Å²) in [7, 11) is -3.14. The van der Waals surface area contributed by atoms with Crippen molar-refractivity contribution in [3.63, 3.8) is 0 Å². The maximum Gasteiger partial charge on any atom is 0.236 e. The van der Waals surface area contributed by atoms with E-state index in [4.69, 9.17) is 0 Å². The van der Waals surface area contributed by atoms with Gasteiger partial charge in [0.15, 0.2) is 0 Å². The largest absolute Gasteiger partial charge is 0.341 e. The first-order chi connectivity index (χ1) is 8.44. The number of carbonyl (C=O) groups is 1. The zero-order chi connectivity index (χ0) is 13.2. The van der Waals surface area contributed by atoms with Gasteiger partial charge in [-0.05, 0) is 25.7 Å². The normalized spacial score (nSPS) is 22.2. The lowest BCUT2D eigenvalue weighted by molar-refractivity contribution is -0.131. The van der Waals surface area contributed by atoms with Gasteiger partial charge in [-0.1, -0.05) is 0 Å². The molecule has 0 unspecified atom stereocenters. The van der Waals surface area contributed by atoms with E-state index in [1.165, 1.54) is 19.1 Å².